The van der Waals surface area contributed by atoms with Crippen molar-refractivity contribution in [1.29, 1.82) is 0 Å². The van der Waals surface area contributed by atoms with Gasteiger partial charge in [0.25, 0.3) is 0 Å². The molecule has 0 aromatic carbocycles. The van der Waals surface area contributed by atoms with Crippen LogP contribution >= 0.6 is 12.2 Å². The van der Waals surface area contributed by atoms with Gasteiger partial charge in [0.15, 0.2) is 0 Å². The second-order valence-corrected chi connectivity index (χ2v) is 4.78. The molecule has 1 heterocycles. The number of amides is 1. The number of likely N-dealkylation sites (tertiary alicyclic amines) is 1. The van der Waals surface area contributed by atoms with Gasteiger partial charge in [-0.2, -0.15) is 0 Å². The molecule has 0 atom stereocenters. The molecule has 0 spiro atoms. The molecule has 2 N–H and O–H groups in total. The van der Waals surface area contributed by atoms with Crippen LogP contribution in [-0.2, 0) is 4.79 Å². The first-order chi connectivity index (χ1) is 6.46. The predicted octanol–water partition coefficient (Wildman–Crippen LogP) is 1.31. The van der Waals surface area contributed by atoms with E-state index in [-0.39, 0.29) is 10.9 Å². The maximum Gasteiger partial charge on any atom is 0.235 e. The van der Waals surface area contributed by atoms with Crippen LogP contribution in [-0.4, -0.2) is 28.9 Å². The molecule has 0 unspecified atom stereocenters. The first kappa shape index (κ1) is 11.4. The maximum atomic E-state index is 12.0. The minimum absolute atomic E-state index is 0.0738. The van der Waals surface area contributed by atoms with Crippen LogP contribution < -0.4 is 5.73 Å². The largest absolute Gasteiger partial charge is 0.392 e. The zero-order chi connectivity index (χ0) is 10.8. The van der Waals surface area contributed by atoms with Crippen molar-refractivity contribution in [3.05, 3.63) is 0 Å². The fraction of sp³-hybridized carbons (Fsp3) is 0.800. The Morgan fingerprint density at radius 2 is 1.79 bits per heavy atom. The first-order valence-corrected chi connectivity index (χ1v) is 5.46. The van der Waals surface area contributed by atoms with Crippen LogP contribution in [0.15, 0.2) is 0 Å². The highest BCUT2D eigenvalue weighted by molar-refractivity contribution is 7.80. The van der Waals surface area contributed by atoms with E-state index in [9.17, 15) is 4.79 Å². The van der Waals surface area contributed by atoms with E-state index >= 15 is 0 Å². The fourth-order valence-electron chi connectivity index (χ4n) is 1.60. The minimum atomic E-state index is -0.688. The second kappa shape index (κ2) is 4.26. The standard InChI is InChI=1S/C10H18N2OS/c1-10(2,8(11)14)9(13)12-6-4-3-5-7-12/h3-7H2,1-2H3,(H2,11,14). The molecule has 0 bridgehead atoms. The molecule has 0 radical (unpaired) electrons. The minimum Gasteiger partial charge on any atom is -0.392 e. The topological polar surface area (TPSA) is 46.3 Å². The lowest BCUT2D eigenvalue weighted by Gasteiger charge is -2.33. The number of nitrogens with two attached hydrogens (primary N) is 1. The summed E-state index contributed by atoms with van der Waals surface area (Å²) in [6, 6.07) is 0. The Morgan fingerprint density at radius 1 is 1.29 bits per heavy atom. The number of piperidine rings is 1. The lowest BCUT2D eigenvalue weighted by molar-refractivity contribution is -0.137. The molecule has 1 saturated heterocycles. The van der Waals surface area contributed by atoms with E-state index in [2.05, 4.69) is 0 Å². The van der Waals surface area contributed by atoms with Crippen LogP contribution in [0.5, 0.6) is 0 Å². The van der Waals surface area contributed by atoms with E-state index in [1.165, 1.54) is 6.42 Å². The molecular weight excluding hydrogens is 196 g/mol. The molecule has 0 aliphatic carbocycles. The van der Waals surface area contributed by atoms with Crippen molar-refractivity contribution in [3.63, 3.8) is 0 Å². The van der Waals surface area contributed by atoms with E-state index < -0.39 is 5.41 Å². The van der Waals surface area contributed by atoms with Crippen molar-refractivity contribution >= 4 is 23.1 Å². The van der Waals surface area contributed by atoms with Gasteiger partial charge >= 0.3 is 0 Å². The van der Waals surface area contributed by atoms with Crippen LogP contribution in [0.4, 0.5) is 0 Å². The molecule has 80 valence electrons. The summed E-state index contributed by atoms with van der Waals surface area (Å²) in [5.41, 5.74) is 4.87. The number of rotatable bonds is 2. The molecule has 1 amide bonds. The molecule has 3 nitrogen and oxygen atoms in total. The van der Waals surface area contributed by atoms with Gasteiger partial charge in [0.1, 0.15) is 0 Å². The summed E-state index contributed by atoms with van der Waals surface area (Å²) in [7, 11) is 0. The van der Waals surface area contributed by atoms with Gasteiger partial charge in [-0.15, -0.1) is 0 Å². The van der Waals surface area contributed by atoms with E-state index in [1.807, 2.05) is 4.90 Å². The van der Waals surface area contributed by atoms with Crippen molar-refractivity contribution in [2.45, 2.75) is 33.1 Å². The molecule has 1 aliphatic rings. The predicted molar refractivity (Wildman–Crippen MR) is 61.0 cm³/mol. The number of thiocarbonyl (C=S) groups is 1. The van der Waals surface area contributed by atoms with E-state index in [0.717, 1.165) is 25.9 Å². The summed E-state index contributed by atoms with van der Waals surface area (Å²) in [6.07, 6.45) is 3.41. The molecule has 14 heavy (non-hydrogen) atoms. The highest BCUT2D eigenvalue weighted by Crippen LogP contribution is 2.22. The quantitative estimate of drug-likeness (QED) is 0.705. The van der Waals surface area contributed by atoms with Gasteiger partial charge in [-0.3, -0.25) is 4.79 Å². The molecule has 1 aliphatic heterocycles. The van der Waals surface area contributed by atoms with Crippen molar-refractivity contribution in [2.24, 2.45) is 11.1 Å². The second-order valence-electron chi connectivity index (χ2n) is 4.34. The number of carbonyl (C=O) groups is 1. The molecular formula is C10H18N2OS. The number of hydrogen-bond donors (Lipinski definition) is 1. The van der Waals surface area contributed by atoms with Gasteiger partial charge in [-0.1, -0.05) is 12.2 Å². The fourth-order valence-corrected chi connectivity index (χ4v) is 1.68. The average Bonchev–Trinajstić information content (AvgIpc) is 2.17. The SMILES string of the molecule is CC(C)(C(=O)N1CCCCC1)C(N)=S. The summed E-state index contributed by atoms with van der Waals surface area (Å²) < 4.78 is 0. The van der Waals surface area contributed by atoms with E-state index in [1.54, 1.807) is 13.8 Å². The van der Waals surface area contributed by atoms with E-state index in [0.29, 0.717) is 0 Å². The molecule has 0 aromatic rings. The van der Waals surface area contributed by atoms with E-state index in [4.69, 9.17) is 18.0 Å². The van der Waals surface area contributed by atoms with Crippen molar-refractivity contribution in [1.82, 2.24) is 4.90 Å². The Hall–Kier alpha value is -0.640. The summed E-state index contributed by atoms with van der Waals surface area (Å²) in [5, 5.41) is 0. The smallest absolute Gasteiger partial charge is 0.235 e. The van der Waals surface area contributed by atoms with Gasteiger partial charge < -0.3 is 10.6 Å². The van der Waals surface area contributed by atoms with Crippen molar-refractivity contribution < 1.29 is 4.79 Å². The lowest BCUT2D eigenvalue weighted by Crippen LogP contribution is -2.48. The number of hydrogen-bond acceptors (Lipinski definition) is 2. The monoisotopic (exact) mass is 214 g/mol. The molecule has 4 heteroatoms. The van der Waals surface area contributed by atoms with Crippen LogP contribution in [0, 0.1) is 5.41 Å². The van der Waals surface area contributed by atoms with Crippen molar-refractivity contribution in [2.75, 3.05) is 13.1 Å². The Bertz CT molecular complexity index is 245. The van der Waals surface area contributed by atoms with Gasteiger partial charge in [-0.05, 0) is 33.1 Å². The van der Waals surface area contributed by atoms with Gasteiger partial charge in [0.05, 0.1) is 10.4 Å². The number of nitrogens with zero attached hydrogens (tertiary/aromatic N) is 1. The van der Waals surface area contributed by atoms with Gasteiger partial charge in [0, 0.05) is 13.1 Å². The van der Waals surface area contributed by atoms with Crippen molar-refractivity contribution in [3.8, 4) is 0 Å². The van der Waals surface area contributed by atoms with Crippen LogP contribution in [0.2, 0.25) is 0 Å². The number of carbonyl (C=O) groups excluding carboxylic acids is 1. The Balaban J connectivity index is 2.67. The third-order valence-corrected chi connectivity index (χ3v) is 3.30. The van der Waals surface area contributed by atoms with Gasteiger partial charge in [-0.25, -0.2) is 0 Å². The molecule has 0 saturated carbocycles. The summed E-state index contributed by atoms with van der Waals surface area (Å²) in [4.78, 5) is 14.2. The highest BCUT2D eigenvalue weighted by Gasteiger charge is 2.35. The zero-order valence-corrected chi connectivity index (χ0v) is 9.69. The maximum absolute atomic E-state index is 12.0. The Kier molecular flexibility index (Phi) is 3.48. The van der Waals surface area contributed by atoms with Crippen LogP contribution in [0.1, 0.15) is 33.1 Å². The first-order valence-electron chi connectivity index (χ1n) is 5.05. The Morgan fingerprint density at radius 3 is 2.21 bits per heavy atom. The van der Waals surface area contributed by atoms with Gasteiger partial charge in [0.2, 0.25) is 5.91 Å². The third kappa shape index (κ3) is 2.23. The van der Waals surface area contributed by atoms with Crippen LogP contribution in [0.3, 0.4) is 0 Å². The Labute approximate surface area is 90.6 Å². The normalized spacial score (nSPS) is 18.0. The zero-order valence-electron chi connectivity index (χ0n) is 8.88. The summed E-state index contributed by atoms with van der Waals surface area (Å²) in [5.74, 6) is 0.0738. The summed E-state index contributed by atoms with van der Waals surface area (Å²) in [6.45, 7) is 5.30. The molecule has 0 aromatic heterocycles. The lowest BCUT2D eigenvalue weighted by atomic mass is 9.90. The van der Waals surface area contributed by atoms with Crippen LogP contribution in [0.25, 0.3) is 0 Å². The summed E-state index contributed by atoms with van der Waals surface area (Å²) >= 11 is 4.91. The highest BCUT2D eigenvalue weighted by atomic mass is 32.1. The average molecular weight is 214 g/mol. The molecule has 1 fully saturated rings. The third-order valence-electron chi connectivity index (χ3n) is 2.79. The molecule has 1 rings (SSSR count).